The molecule has 0 spiro atoms. The van der Waals surface area contributed by atoms with E-state index in [1.165, 1.54) is 0 Å². The lowest BCUT2D eigenvalue weighted by Gasteiger charge is -2.25. The maximum Gasteiger partial charge on any atom is 0.322 e. The fourth-order valence-electron chi connectivity index (χ4n) is 3.59. The van der Waals surface area contributed by atoms with Crippen molar-refractivity contribution >= 4 is 11.7 Å². The van der Waals surface area contributed by atoms with Crippen LogP contribution in [0.4, 0.5) is 10.5 Å². The lowest BCUT2D eigenvalue weighted by molar-refractivity contribution is 0.171. The Kier molecular flexibility index (Phi) is 3.99. The molecule has 1 N–H and O–H groups in total. The van der Waals surface area contributed by atoms with Crippen molar-refractivity contribution in [3.05, 3.63) is 35.2 Å². The number of aromatic nitrogens is 1. The Balaban J connectivity index is 1.52. The summed E-state index contributed by atoms with van der Waals surface area (Å²) in [4.78, 5) is 14.7. The number of aryl methyl sites for hydroxylation is 2. The molecule has 0 aliphatic carbocycles. The molecule has 2 aromatic rings. The summed E-state index contributed by atoms with van der Waals surface area (Å²) in [5, 5.41) is 6.99. The van der Waals surface area contributed by atoms with Gasteiger partial charge in [-0.25, -0.2) is 4.79 Å². The van der Waals surface area contributed by atoms with Gasteiger partial charge >= 0.3 is 6.03 Å². The molecule has 1 atom stereocenters. The van der Waals surface area contributed by atoms with E-state index >= 15 is 0 Å². The minimum absolute atomic E-state index is 0.00320. The minimum Gasteiger partial charge on any atom is -0.486 e. The van der Waals surface area contributed by atoms with Crippen LogP contribution in [-0.2, 0) is 0 Å². The van der Waals surface area contributed by atoms with Crippen molar-refractivity contribution in [3.8, 4) is 11.5 Å². The molecular weight excluding hydrogens is 322 g/mol. The SMILES string of the molecule is Cc1noc(C)c1C1CCCN1C(=O)Nc1ccc2c(c1)OCCO2. The summed E-state index contributed by atoms with van der Waals surface area (Å²) in [5.41, 5.74) is 2.56. The number of nitrogens with zero attached hydrogens (tertiary/aromatic N) is 2. The first-order valence-corrected chi connectivity index (χ1v) is 8.53. The number of benzene rings is 1. The van der Waals surface area contributed by atoms with E-state index in [1.807, 2.05) is 30.9 Å². The maximum absolute atomic E-state index is 12.8. The molecule has 2 aliphatic heterocycles. The van der Waals surface area contributed by atoms with Gasteiger partial charge in [0.1, 0.15) is 19.0 Å². The molecule has 1 fully saturated rings. The van der Waals surface area contributed by atoms with Gasteiger partial charge < -0.3 is 24.2 Å². The van der Waals surface area contributed by atoms with Crippen molar-refractivity contribution in [2.24, 2.45) is 0 Å². The number of hydrogen-bond donors (Lipinski definition) is 1. The number of carbonyl (C=O) groups is 1. The number of carbonyl (C=O) groups excluding carboxylic acids is 1. The molecule has 1 saturated heterocycles. The Bertz CT molecular complexity index is 782. The van der Waals surface area contributed by atoms with E-state index in [-0.39, 0.29) is 12.1 Å². The molecule has 132 valence electrons. The van der Waals surface area contributed by atoms with E-state index in [9.17, 15) is 4.79 Å². The van der Waals surface area contributed by atoms with Crippen molar-refractivity contribution in [3.63, 3.8) is 0 Å². The third kappa shape index (κ3) is 2.90. The predicted octanol–water partition coefficient (Wildman–Crippen LogP) is 3.43. The maximum atomic E-state index is 12.8. The van der Waals surface area contributed by atoms with E-state index < -0.39 is 0 Å². The van der Waals surface area contributed by atoms with Gasteiger partial charge in [-0.3, -0.25) is 0 Å². The summed E-state index contributed by atoms with van der Waals surface area (Å²) in [5.74, 6) is 2.15. The highest BCUT2D eigenvalue weighted by Crippen LogP contribution is 2.37. The van der Waals surface area contributed by atoms with E-state index in [0.29, 0.717) is 36.9 Å². The first-order valence-electron chi connectivity index (χ1n) is 8.53. The van der Waals surface area contributed by atoms with E-state index in [4.69, 9.17) is 14.0 Å². The van der Waals surface area contributed by atoms with Gasteiger partial charge in [0.2, 0.25) is 0 Å². The summed E-state index contributed by atoms with van der Waals surface area (Å²) in [7, 11) is 0. The smallest absolute Gasteiger partial charge is 0.322 e. The van der Waals surface area contributed by atoms with Crippen molar-refractivity contribution in [1.82, 2.24) is 10.1 Å². The van der Waals surface area contributed by atoms with Crippen LogP contribution in [0.1, 0.15) is 35.9 Å². The molecule has 3 heterocycles. The van der Waals surface area contributed by atoms with Crippen LogP contribution < -0.4 is 14.8 Å². The summed E-state index contributed by atoms with van der Waals surface area (Å²) < 4.78 is 16.4. The monoisotopic (exact) mass is 343 g/mol. The van der Waals surface area contributed by atoms with Crippen LogP contribution in [0.2, 0.25) is 0 Å². The van der Waals surface area contributed by atoms with E-state index in [0.717, 1.165) is 29.9 Å². The molecule has 1 unspecified atom stereocenters. The lowest BCUT2D eigenvalue weighted by Crippen LogP contribution is -2.34. The molecule has 4 rings (SSSR count). The van der Waals surface area contributed by atoms with Gasteiger partial charge in [0.05, 0.1) is 11.7 Å². The third-order valence-corrected chi connectivity index (χ3v) is 4.73. The number of rotatable bonds is 2. The average Bonchev–Trinajstić information content (AvgIpc) is 3.21. The van der Waals surface area contributed by atoms with Crippen LogP contribution in [-0.4, -0.2) is 35.8 Å². The number of urea groups is 1. The van der Waals surface area contributed by atoms with Crippen molar-refractivity contribution in [2.45, 2.75) is 32.7 Å². The van der Waals surface area contributed by atoms with Crippen LogP contribution in [0, 0.1) is 13.8 Å². The van der Waals surface area contributed by atoms with E-state index in [2.05, 4.69) is 10.5 Å². The number of hydrogen-bond acceptors (Lipinski definition) is 5. The Morgan fingerprint density at radius 1 is 1.24 bits per heavy atom. The van der Waals surface area contributed by atoms with Crippen LogP contribution in [0.15, 0.2) is 22.7 Å². The average molecular weight is 343 g/mol. The molecule has 7 heteroatoms. The topological polar surface area (TPSA) is 76.8 Å². The van der Waals surface area contributed by atoms with Crippen molar-refractivity contribution in [2.75, 3.05) is 25.1 Å². The fourth-order valence-corrected chi connectivity index (χ4v) is 3.59. The zero-order chi connectivity index (χ0) is 17.4. The summed E-state index contributed by atoms with van der Waals surface area (Å²) in [6.07, 6.45) is 1.88. The zero-order valence-corrected chi connectivity index (χ0v) is 14.4. The zero-order valence-electron chi connectivity index (χ0n) is 14.4. The Hall–Kier alpha value is -2.70. The molecule has 1 aromatic heterocycles. The Labute approximate surface area is 145 Å². The molecule has 2 amide bonds. The second-order valence-electron chi connectivity index (χ2n) is 6.38. The summed E-state index contributed by atoms with van der Waals surface area (Å²) >= 11 is 0. The van der Waals surface area contributed by atoms with Gasteiger partial charge in [-0.05, 0) is 38.8 Å². The number of ether oxygens (including phenoxy) is 2. The second kappa shape index (κ2) is 6.31. The highest BCUT2D eigenvalue weighted by atomic mass is 16.6. The van der Waals surface area contributed by atoms with Gasteiger partial charge in [0.25, 0.3) is 0 Å². The fraction of sp³-hybridized carbons (Fsp3) is 0.444. The lowest BCUT2D eigenvalue weighted by atomic mass is 10.0. The number of amides is 2. The van der Waals surface area contributed by atoms with Gasteiger partial charge in [-0.2, -0.15) is 0 Å². The van der Waals surface area contributed by atoms with Gasteiger partial charge in [0.15, 0.2) is 11.5 Å². The largest absolute Gasteiger partial charge is 0.486 e. The third-order valence-electron chi connectivity index (χ3n) is 4.73. The highest BCUT2D eigenvalue weighted by molar-refractivity contribution is 5.90. The highest BCUT2D eigenvalue weighted by Gasteiger charge is 2.34. The van der Waals surface area contributed by atoms with Crippen LogP contribution in [0.25, 0.3) is 0 Å². The molecule has 0 bridgehead atoms. The van der Waals surface area contributed by atoms with Crippen molar-refractivity contribution < 1.29 is 18.8 Å². The molecule has 0 radical (unpaired) electrons. The number of likely N-dealkylation sites (tertiary alicyclic amines) is 1. The number of fused-ring (bicyclic) bond motifs is 1. The van der Waals surface area contributed by atoms with Gasteiger partial charge in [-0.1, -0.05) is 5.16 Å². The molecule has 25 heavy (non-hydrogen) atoms. The van der Waals surface area contributed by atoms with Gasteiger partial charge in [0, 0.05) is 23.9 Å². The minimum atomic E-state index is -0.126. The number of nitrogens with one attached hydrogen (secondary N) is 1. The number of anilines is 1. The van der Waals surface area contributed by atoms with Crippen LogP contribution >= 0.6 is 0 Å². The standard InChI is InChI=1S/C18H21N3O4/c1-11-17(12(2)25-20-11)14-4-3-7-21(14)18(22)19-13-5-6-15-16(10-13)24-9-8-23-15/h5-6,10,14H,3-4,7-9H2,1-2H3,(H,19,22). The van der Waals surface area contributed by atoms with E-state index in [1.54, 1.807) is 6.07 Å². The second-order valence-corrected chi connectivity index (χ2v) is 6.38. The quantitative estimate of drug-likeness (QED) is 0.904. The first-order chi connectivity index (χ1) is 12.1. The molecular formula is C18H21N3O4. The first kappa shape index (κ1) is 15.8. The molecule has 2 aliphatic rings. The molecule has 7 nitrogen and oxygen atoms in total. The molecule has 0 saturated carbocycles. The predicted molar refractivity (Wildman–Crippen MR) is 91.1 cm³/mol. The Morgan fingerprint density at radius 2 is 2.04 bits per heavy atom. The summed E-state index contributed by atoms with van der Waals surface area (Å²) in [6, 6.07) is 5.32. The Morgan fingerprint density at radius 3 is 2.80 bits per heavy atom. The van der Waals surface area contributed by atoms with Gasteiger partial charge in [-0.15, -0.1) is 0 Å². The summed E-state index contributed by atoms with van der Waals surface area (Å²) in [6.45, 7) is 5.59. The van der Waals surface area contributed by atoms with Crippen LogP contribution in [0.5, 0.6) is 11.5 Å². The van der Waals surface area contributed by atoms with Crippen LogP contribution in [0.3, 0.4) is 0 Å². The van der Waals surface area contributed by atoms with Crippen molar-refractivity contribution in [1.29, 1.82) is 0 Å². The normalized spacial score (nSPS) is 19.1. The molecule has 1 aromatic carbocycles.